The van der Waals surface area contributed by atoms with E-state index in [1.807, 2.05) is 0 Å². The summed E-state index contributed by atoms with van der Waals surface area (Å²) in [6.45, 7) is 2.51. The first-order valence-electron chi connectivity index (χ1n) is 8.19. The second kappa shape index (κ2) is 8.99. The van der Waals surface area contributed by atoms with Gasteiger partial charge in [0.25, 0.3) is 0 Å². The predicted octanol–water partition coefficient (Wildman–Crippen LogP) is 3.65. The van der Waals surface area contributed by atoms with Crippen molar-refractivity contribution < 1.29 is 18.0 Å². The van der Waals surface area contributed by atoms with Crippen LogP contribution in [0.4, 0.5) is 19.0 Å². The molecule has 2 heterocycles. The van der Waals surface area contributed by atoms with Gasteiger partial charge in [-0.05, 0) is 19.1 Å². The van der Waals surface area contributed by atoms with Gasteiger partial charge in [-0.3, -0.25) is 4.79 Å². The molecule has 148 valence electrons. The lowest BCUT2D eigenvalue weighted by atomic mass is 10.1. The van der Waals surface area contributed by atoms with Gasteiger partial charge in [-0.1, -0.05) is 12.1 Å². The first-order valence-corrected chi connectivity index (χ1v) is 9.34. The molecule has 0 saturated carbocycles. The van der Waals surface area contributed by atoms with E-state index < -0.39 is 11.7 Å². The summed E-state index contributed by atoms with van der Waals surface area (Å²) in [5.41, 5.74) is -0.401. The molecule has 1 aromatic heterocycles. The van der Waals surface area contributed by atoms with Gasteiger partial charge in [0.15, 0.2) is 0 Å². The van der Waals surface area contributed by atoms with Crippen LogP contribution in [0, 0.1) is 6.92 Å². The van der Waals surface area contributed by atoms with Crippen LogP contribution in [0.25, 0.3) is 5.69 Å². The summed E-state index contributed by atoms with van der Waals surface area (Å²) in [7, 11) is 0. The summed E-state index contributed by atoms with van der Waals surface area (Å²) in [5, 5.41) is 10.1. The third kappa shape index (κ3) is 5.40. The van der Waals surface area contributed by atoms with Crippen molar-refractivity contribution in [1.82, 2.24) is 15.1 Å². The van der Waals surface area contributed by atoms with E-state index in [2.05, 4.69) is 15.7 Å². The molecule has 0 aliphatic carbocycles. The molecule has 1 aromatic carbocycles. The van der Waals surface area contributed by atoms with Crippen LogP contribution in [-0.2, 0) is 11.0 Å². The quantitative estimate of drug-likeness (QED) is 0.792. The van der Waals surface area contributed by atoms with Gasteiger partial charge in [0, 0.05) is 36.6 Å². The van der Waals surface area contributed by atoms with Crippen molar-refractivity contribution in [3.8, 4) is 5.69 Å². The maximum atomic E-state index is 13.3. The van der Waals surface area contributed by atoms with Crippen LogP contribution < -0.4 is 10.6 Å². The van der Waals surface area contributed by atoms with Gasteiger partial charge in [0.05, 0.1) is 16.9 Å². The first-order chi connectivity index (χ1) is 12.3. The Bertz CT molecular complexity index is 791. The second-order valence-electron chi connectivity index (χ2n) is 6.08. The largest absolute Gasteiger partial charge is 0.418 e. The number of carbonyl (C=O) groups is 1. The Morgan fingerprint density at radius 2 is 2.15 bits per heavy atom. The third-order valence-electron chi connectivity index (χ3n) is 3.97. The molecule has 1 unspecified atom stereocenters. The van der Waals surface area contributed by atoms with E-state index in [0.29, 0.717) is 5.69 Å². The van der Waals surface area contributed by atoms with Crippen molar-refractivity contribution >= 4 is 35.9 Å². The van der Waals surface area contributed by atoms with E-state index in [0.717, 1.165) is 28.8 Å². The minimum absolute atomic E-state index is 0. The molecule has 10 heteroatoms. The SMILES string of the molecule is Cc1cc(NC(=O)CC2CSCCN2)n(-c2ccccc2C(F)(F)F)n1.Cl. The molecule has 1 aliphatic heterocycles. The molecular formula is C17H20ClF3N4OS. The van der Waals surface area contributed by atoms with Crippen molar-refractivity contribution in [1.29, 1.82) is 0 Å². The molecule has 1 fully saturated rings. The smallest absolute Gasteiger partial charge is 0.312 e. The zero-order valence-corrected chi connectivity index (χ0v) is 16.2. The second-order valence-corrected chi connectivity index (χ2v) is 7.23. The fraction of sp³-hybridized carbons (Fsp3) is 0.412. The molecule has 1 amide bonds. The molecule has 2 N–H and O–H groups in total. The molecule has 0 spiro atoms. The number of anilines is 1. The number of nitrogens with one attached hydrogen (secondary N) is 2. The lowest BCUT2D eigenvalue weighted by Gasteiger charge is -2.22. The van der Waals surface area contributed by atoms with Gasteiger partial charge < -0.3 is 10.6 Å². The molecule has 27 heavy (non-hydrogen) atoms. The summed E-state index contributed by atoms with van der Waals surface area (Å²) in [6, 6.07) is 6.80. The average Bonchev–Trinajstić information content (AvgIpc) is 2.95. The molecule has 1 atom stereocenters. The number of rotatable bonds is 4. The van der Waals surface area contributed by atoms with Gasteiger partial charge in [-0.25, -0.2) is 4.68 Å². The number of nitrogens with zero attached hydrogens (tertiary/aromatic N) is 2. The monoisotopic (exact) mass is 420 g/mol. The topological polar surface area (TPSA) is 59.0 Å². The van der Waals surface area contributed by atoms with E-state index in [-0.39, 0.29) is 42.3 Å². The minimum atomic E-state index is -4.51. The number of carbonyl (C=O) groups excluding carboxylic acids is 1. The van der Waals surface area contributed by atoms with Gasteiger partial charge in [-0.15, -0.1) is 12.4 Å². The van der Waals surface area contributed by atoms with E-state index in [1.165, 1.54) is 18.2 Å². The lowest BCUT2D eigenvalue weighted by Crippen LogP contribution is -2.40. The van der Waals surface area contributed by atoms with Crippen molar-refractivity contribution in [3.05, 3.63) is 41.6 Å². The fourth-order valence-corrected chi connectivity index (χ4v) is 3.79. The Morgan fingerprint density at radius 3 is 2.81 bits per heavy atom. The molecule has 1 saturated heterocycles. The number of para-hydroxylation sites is 1. The zero-order valence-electron chi connectivity index (χ0n) is 14.5. The number of benzene rings is 1. The molecule has 2 aromatic rings. The first kappa shape index (κ1) is 21.6. The van der Waals surface area contributed by atoms with Gasteiger partial charge in [-0.2, -0.15) is 30.0 Å². The Morgan fingerprint density at radius 1 is 1.41 bits per heavy atom. The average molecular weight is 421 g/mol. The van der Waals surface area contributed by atoms with E-state index >= 15 is 0 Å². The Hall–Kier alpha value is -1.71. The summed E-state index contributed by atoms with van der Waals surface area (Å²) in [6.07, 6.45) is -4.25. The van der Waals surface area contributed by atoms with Crippen LogP contribution in [0.15, 0.2) is 30.3 Å². The fourth-order valence-electron chi connectivity index (χ4n) is 2.84. The van der Waals surface area contributed by atoms with Crippen LogP contribution in [0.3, 0.4) is 0 Å². The Kier molecular flexibility index (Phi) is 7.19. The number of aryl methyl sites for hydroxylation is 1. The molecule has 0 radical (unpaired) electrons. The predicted molar refractivity (Wildman–Crippen MR) is 103 cm³/mol. The Balaban J connectivity index is 0.00000261. The van der Waals surface area contributed by atoms with Gasteiger partial charge in [0.2, 0.25) is 5.91 Å². The number of amides is 1. The summed E-state index contributed by atoms with van der Waals surface area (Å²) in [4.78, 5) is 12.3. The highest BCUT2D eigenvalue weighted by atomic mass is 35.5. The number of hydrogen-bond acceptors (Lipinski definition) is 4. The van der Waals surface area contributed by atoms with Crippen molar-refractivity contribution in [2.45, 2.75) is 25.6 Å². The number of aromatic nitrogens is 2. The van der Waals surface area contributed by atoms with Crippen molar-refractivity contribution in [3.63, 3.8) is 0 Å². The maximum absolute atomic E-state index is 13.3. The van der Waals surface area contributed by atoms with Crippen LogP contribution in [0.2, 0.25) is 0 Å². The van der Waals surface area contributed by atoms with E-state index in [9.17, 15) is 18.0 Å². The third-order valence-corrected chi connectivity index (χ3v) is 5.10. The maximum Gasteiger partial charge on any atom is 0.418 e. The molecule has 1 aliphatic rings. The Labute approximate surface area is 165 Å². The number of halogens is 4. The van der Waals surface area contributed by atoms with Crippen molar-refractivity contribution in [2.75, 3.05) is 23.4 Å². The highest BCUT2D eigenvalue weighted by Crippen LogP contribution is 2.34. The van der Waals surface area contributed by atoms with Gasteiger partial charge in [0.1, 0.15) is 5.82 Å². The minimum Gasteiger partial charge on any atom is -0.312 e. The highest BCUT2D eigenvalue weighted by Gasteiger charge is 2.34. The molecule has 5 nitrogen and oxygen atoms in total. The molecular weight excluding hydrogens is 401 g/mol. The zero-order chi connectivity index (χ0) is 18.7. The van der Waals surface area contributed by atoms with E-state index in [1.54, 1.807) is 24.8 Å². The van der Waals surface area contributed by atoms with E-state index in [4.69, 9.17) is 0 Å². The van der Waals surface area contributed by atoms with Crippen LogP contribution in [0.1, 0.15) is 17.7 Å². The summed E-state index contributed by atoms with van der Waals surface area (Å²) < 4.78 is 41.1. The van der Waals surface area contributed by atoms with Crippen LogP contribution >= 0.6 is 24.2 Å². The van der Waals surface area contributed by atoms with Crippen LogP contribution in [-0.4, -0.2) is 39.8 Å². The standard InChI is InChI=1S/C17H19F3N4OS.ClH/c1-11-8-15(22-16(25)9-12-10-26-7-6-21-12)24(23-11)14-5-3-2-4-13(14)17(18,19)20;/h2-5,8,12,21H,6-7,9-10H2,1H3,(H,22,25);1H. The summed E-state index contributed by atoms with van der Waals surface area (Å²) in [5.74, 6) is 1.82. The molecule has 3 rings (SSSR count). The lowest BCUT2D eigenvalue weighted by molar-refractivity contribution is -0.137. The number of hydrogen-bond donors (Lipinski definition) is 2. The van der Waals surface area contributed by atoms with Crippen LogP contribution in [0.5, 0.6) is 0 Å². The normalized spacial score (nSPS) is 17.3. The van der Waals surface area contributed by atoms with Gasteiger partial charge >= 0.3 is 6.18 Å². The summed E-state index contributed by atoms with van der Waals surface area (Å²) >= 11 is 1.78. The molecule has 0 bridgehead atoms. The van der Waals surface area contributed by atoms with Crippen molar-refractivity contribution in [2.24, 2.45) is 0 Å². The highest BCUT2D eigenvalue weighted by molar-refractivity contribution is 7.99. The number of thioether (sulfide) groups is 1. The number of alkyl halides is 3.